The number of rotatable bonds is 5. The molecule has 0 aliphatic carbocycles. The van der Waals surface area contributed by atoms with Crippen molar-refractivity contribution < 1.29 is 15.1 Å². The van der Waals surface area contributed by atoms with E-state index in [1.807, 2.05) is 13.8 Å². The Morgan fingerprint density at radius 1 is 1.45 bits per heavy atom. The highest BCUT2D eigenvalue weighted by molar-refractivity contribution is 14.1. The van der Waals surface area contributed by atoms with Crippen molar-refractivity contribution in [3.63, 3.8) is 0 Å². The average molecular weight is 391 g/mol. The van der Waals surface area contributed by atoms with Crippen molar-refractivity contribution in [2.24, 2.45) is 10.9 Å². The third kappa shape index (κ3) is 3.33. The summed E-state index contributed by atoms with van der Waals surface area (Å²) >= 11 is 2.05. The van der Waals surface area contributed by atoms with Crippen LogP contribution in [0, 0.1) is 3.57 Å². The average Bonchev–Trinajstić information content (AvgIpc) is 2.46. The third-order valence-electron chi connectivity index (χ3n) is 3.36. The van der Waals surface area contributed by atoms with Crippen molar-refractivity contribution in [2.75, 3.05) is 0 Å². The molecule has 6 nitrogen and oxygen atoms in total. The number of nitrogens with zero attached hydrogens (tertiary/aromatic N) is 1. The van der Waals surface area contributed by atoms with Crippen molar-refractivity contribution in [3.8, 4) is 5.75 Å². The van der Waals surface area contributed by atoms with Crippen LogP contribution < -0.4 is 11.1 Å². The SMILES string of the molecule is CCC(CC)(NC(=O)c1cc(I)ccc1O)/C(N)=N/O. The molecule has 5 N–H and O–H groups in total. The largest absolute Gasteiger partial charge is 0.507 e. The van der Waals surface area contributed by atoms with Crippen molar-refractivity contribution in [3.05, 3.63) is 27.3 Å². The molecule has 1 rings (SSSR count). The first-order valence-electron chi connectivity index (χ1n) is 6.19. The summed E-state index contributed by atoms with van der Waals surface area (Å²) in [4.78, 5) is 12.3. The first-order chi connectivity index (χ1) is 9.40. The molecule has 0 unspecified atom stereocenters. The summed E-state index contributed by atoms with van der Waals surface area (Å²) in [6.45, 7) is 3.66. The van der Waals surface area contributed by atoms with Gasteiger partial charge in [0.1, 0.15) is 11.3 Å². The number of nitrogens with one attached hydrogen (secondary N) is 1. The molecular weight excluding hydrogens is 373 g/mol. The van der Waals surface area contributed by atoms with Gasteiger partial charge in [0.15, 0.2) is 5.84 Å². The van der Waals surface area contributed by atoms with Crippen molar-refractivity contribution in [2.45, 2.75) is 32.2 Å². The summed E-state index contributed by atoms with van der Waals surface area (Å²) in [5, 5.41) is 24.4. The molecule has 0 spiro atoms. The van der Waals surface area contributed by atoms with Crippen molar-refractivity contribution >= 4 is 34.3 Å². The molecule has 20 heavy (non-hydrogen) atoms. The van der Waals surface area contributed by atoms with Gasteiger partial charge < -0.3 is 21.4 Å². The minimum atomic E-state index is -0.931. The van der Waals surface area contributed by atoms with E-state index in [2.05, 4.69) is 33.1 Å². The Kier molecular flexibility index (Phi) is 5.61. The number of nitrogens with two attached hydrogens (primary N) is 1. The lowest BCUT2D eigenvalue weighted by Gasteiger charge is -2.31. The molecule has 0 radical (unpaired) electrons. The first-order valence-corrected chi connectivity index (χ1v) is 7.27. The fourth-order valence-corrected chi connectivity index (χ4v) is 2.41. The molecule has 7 heteroatoms. The molecule has 1 amide bonds. The van der Waals surface area contributed by atoms with Gasteiger partial charge in [0, 0.05) is 3.57 Å². The minimum absolute atomic E-state index is 0.0547. The highest BCUT2D eigenvalue weighted by Gasteiger charge is 2.34. The van der Waals surface area contributed by atoms with Crippen molar-refractivity contribution in [1.82, 2.24) is 5.32 Å². The maximum Gasteiger partial charge on any atom is 0.255 e. The quantitative estimate of drug-likeness (QED) is 0.203. The van der Waals surface area contributed by atoms with E-state index >= 15 is 0 Å². The Morgan fingerprint density at radius 2 is 2.05 bits per heavy atom. The zero-order valence-electron chi connectivity index (χ0n) is 11.4. The van der Waals surface area contributed by atoms with E-state index < -0.39 is 11.4 Å². The molecule has 1 aromatic rings. The van der Waals surface area contributed by atoms with Crippen LogP contribution in [-0.4, -0.2) is 27.6 Å². The number of benzene rings is 1. The van der Waals surface area contributed by atoms with Gasteiger partial charge in [-0.05, 0) is 53.6 Å². The van der Waals surface area contributed by atoms with Crippen LogP contribution in [0.1, 0.15) is 37.0 Å². The van der Waals surface area contributed by atoms with Gasteiger partial charge in [-0.3, -0.25) is 4.79 Å². The first kappa shape index (κ1) is 16.5. The molecule has 110 valence electrons. The van der Waals surface area contributed by atoms with E-state index in [4.69, 9.17) is 10.9 Å². The Bertz CT molecular complexity index is 528. The van der Waals surface area contributed by atoms with Crippen LogP contribution in [0.25, 0.3) is 0 Å². The summed E-state index contributed by atoms with van der Waals surface area (Å²) in [6, 6.07) is 4.73. The number of carbonyl (C=O) groups is 1. The van der Waals surface area contributed by atoms with E-state index in [9.17, 15) is 9.90 Å². The Labute approximate surface area is 131 Å². The lowest BCUT2D eigenvalue weighted by molar-refractivity contribution is 0.0915. The van der Waals surface area contributed by atoms with Gasteiger partial charge in [-0.2, -0.15) is 0 Å². The summed E-state index contributed by atoms with van der Waals surface area (Å²) in [5.41, 5.74) is 4.92. The summed E-state index contributed by atoms with van der Waals surface area (Å²) in [7, 11) is 0. The Hall–Kier alpha value is -1.51. The monoisotopic (exact) mass is 391 g/mol. The van der Waals surface area contributed by atoms with Crippen LogP contribution in [0.5, 0.6) is 5.75 Å². The lowest BCUT2D eigenvalue weighted by atomic mass is 9.91. The number of hydrogen-bond acceptors (Lipinski definition) is 4. The number of amidine groups is 1. The van der Waals surface area contributed by atoms with Crippen molar-refractivity contribution in [1.29, 1.82) is 0 Å². The van der Waals surface area contributed by atoms with E-state index in [0.717, 1.165) is 3.57 Å². The van der Waals surface area contributed by atoms with E-state index in [1.165, 1.54) is 6.07 Å². The van der Waals surface area contributed by atoms with Crippen LogP contribution >= 0.6 is 22.6 Å². The van der Waals surface area contributed by atoms with Crippen LogP contribution in [0.3, 0.4) is 0 Å². The predicted octanol–water partition coefficient (Wildman–Crippen LogP) is 2.03. The van der Waals surface area contributed by atoms with Gasteiger partial charge in [0.05, 0.1) is 5.56 Å². The van der Waals surface area contributed by atoms with Gasteiger partial charge in [-0.1, -0.05) is 19.0 Å². The molecule has 0 atom stereocenters. The standard InChI is InChI=1S/C13H18IN3O3/c1-3-13(4-2,12(15)17-20)16-11(19)9-7-8(14)5-6-10(9)18/h5-7,18,20H,3-4H2,1-2H3,(H2,15,17)(H,16,19). The van der Waals surface area contributed by atoms with Crippen LogP contribution in [0.15, 0.2) is 23.4 Å². The highest BCUT2D eigenvalue weighted by atomic mass is 127. The van der Waals surface area contributed by atoms with Gasteiger partial charge in [-0.15, -0.1) is 0 Å². The number of aromatic hydroxyl groups is 1. The number of phenols is 1. The third-order valence-corrected chi connectivity index (χ3v) is 4.03. The van der Waals surface area contributed by atoms with E-state index in [-0.39, 0.29) is 17.1 Å². The summed E-state index contributed by atoms with van der Waals surface area (Å²) in [6.07, 6.45) is 0.936. The number of amides is 1. The number of halogens is 1. The topological polar surface area (TPSA) is 108 Å². The predicted molar refractivity (Wildman–Crippen MR) is 85.0 cm³/mol. The molecule has 0 heterocycles. The number of phenolic OH excluding ortho intramolecular Hbond substituents is 1. The van der Waals surface area contributed by atoms with Gasteiger partial charge in [0.2, 0.25) is 0 Å². The van der Waals surface area contributed by atoms with Crippen LogP contribution in [0.4, 0.5) is 0 Å². The highest BCUT2D eigenvalue weighted by Crippen LogP contribution is 2.22. The fraction of sp³-hybridized carbons (Fsp3) is 0.385. The second-order valence-electron chi connectivity index (χ2n) is 4.39. The smallest absolute Gasteiger partial charge is 0.255 e. The van der Waals surface area contributed by atoms with Crippen LogP contribution in [-0.2, 0) is 0 Å². The Balaban J connectivity index is 3.12. The van der Waals surface area contributed by atoms with Gasteiger partial charge >= 0.3 is 0 Å². The molecule has 0 aromatic heterocycles. The van der Waals surface area contributed by atoms with Gasteiger partial charge in [0.25, 0.3) is 5.91 Å². The zero-order valence-corrected chi connectivity index (χ0v) is 13.5. The number of carbonyl (C=O) groups excluding carboxylic acids is 1. The molecule has 1 aromatic carbocycles. The fourth-order valence-electron chi connectivity index (χ4n) is 1.92. The van der Waals surface area contributed by atoms with Gasteiger partial charge in [-0.25, -0.2) is 0 Å². The second-order valence-corrected chi connectivity index (χ2v) is 5.64. The summed E-state index contributed by atoms with van der Waals surface area (Å²) in [5.74, 6) is -0.624. The normalized spacial score (nSPS) is 12.2. The molecule has 0 bridgehead atoms. The van der Waals surface area contributed by atoms with E-state index in [1.54, 1.807) is 12.1 Å². The molecular formula is C13H18IN3O3. The van der Waals surface area contributed by atoms with E-state index in [0.29, 0.717) is 12.8 Å². The molecule has 0 saturated heterocycles. The summed E-state index contributed by atoms with van der Waals surface area (Å²) < 4.78 is 0.827. The lowest BCUT2D eigenvalue weighted by Crippen LogP contribution is -2.56. The minimum Gasteiger partial charge on any atom is -0.507 e. The van der Waals surface area contributed by atoms with Crippen LogP contribution in [0.2, 0.25) is 0 Å². The zero-order chi connectivity index (χ0) is 15.3. The molecule has 0 aliphatic rings. The Morgan fingerprint density at radius 3 is 2.55 bits per heavy atom. The maximum absolute atomic E-state index is 12.3. The molecule has 0 aliphatic heterocycles. The molecule has 0 saturated carbocycles. The second kappa shape index (κ2) is 6.78. The molecule has 0 fully saturated rings. The number of hydrogen-bond donors (Lipinski definition) is 4. The number of oxime groups is 1. The maximum atomic E-state index is 12.3.